The highest BCUT2D eigenvalue weighted by molar-refractivity contribution is 7.99. The lowest BCUT2D eigenvalue weighted by Crippen LogP contribution is -2.22. The van der Waals surface area contributed by atoms with E-state index in [4.69, 9.17) is 9.47 Å². The van der Waals surface area contributed by atoms with E-state index in [0.717, 1.165) is 31.2 Å². The van der Waals surface area contributed by atoms with E-state index in [1.165, 1.54) is 0 Å². The van der Waals surface area contributed by atoms with Crippen molar-refractivity contribution in [1.29, 1.82) is 0 Å². The maximum Gasteiger partial charge on any atom is 0.0700 e. The predicted octanol–water partition coefficient (Wildman–Crippen LogP) is 1.16. The number of hydrogen-bond donors (Lipinski definition) is 1. The van der Waals surface area contributed by atoms with Crippen LogP contribution in [0.25, 0.3) is 0 Å². The molecular formula is C10H21NO2S. The number of thioether (sulfide) groups is 1. The van der Waals surface area contributed by atoms with E-state index < -0.39 is 0 Å². The molecule has 0 bridgehead atoms. The molecule has 3 nitrogen and oxygen atoms in total. The van der Waals surface area contributed by atoms with Gasteiger partial charge < -0.3 is 14.8 Å². The van der Waals surface area contributed by atoms with Gasteiger partial charge in [0.1, 0.15) is 0 Å². The molecule has 0 amide bonds. The second-order valence-corrected chi connectivity index (χ2v) is 3.87. The number of nitrogens with one attached hydrogen (secondary N) is 1. The average molecular weight is 219 g/mol. The Kier molecular flexibility index (Phi) is 12.9. The highest BCUT2D eigenvalue weighted by atomic mass is 32.2. The molecule has 14 heavy (non-hydrogen) atoms. The first-order valence-corrected chi connectivity index (χ1v) is 6.03. The van der Waals surface area contributed by atoms with Crippen LogP contribution in [-0.2, 0) is 9.47 Å². The maximum atomic E-state index is 5.29. The molecule has 0 rings (SSSR count). The van der Waals surface area contributed by atoms with E-state index in [1.54, 1.807) is 7.11 Å². The molecule has 0 radical (unpaired) electrons. The minimum atomic E-state index is 0.676. The van der Waals surface area contributed by atoms with Gasteiger partial charge in [-0.2, -0.15) is 11.8 Å². The van der Waals surface area contributed by atoms with E-state index in [2.05, 4.69) is 11.9 Å². The Bertz CT molecular complexity index is 123. The molecule has 0 aliphatic rings. The van der Waals surface area contributed by atoms with Crippen LogP contribution in [0.3, 0.4) is 0 Å². The molecule has 0 fully saturated rings. The number of hydrogen-bond acceptors (Lipinski definition) is 4. The van der Waals surface area contributed by atoms with Crippen molar-refractivity contribution in [2.24, 2.45) is 0 Å². The molecule has 0 spiro atoms. The lowest BCUT2D eigenvalue weighted by Gasteiger charge is -2.05. The number of ether oxygens (including phenoxy) is 2. The Balaban J connectivity index is 2.81. The first kappa shape index (κ1) is 14.0. The van der Waals surface area contributed by atoms with Crippen LogP contribution in [0.15, 0.2) is 12.7 Å². The minimum Gasteiger partial charge on any atom is -0.382 e. The molecule has 1 N–H and O–H groups in total. The number of methoxy groups -OCH3 is 1. The van der Waals surface area contributed by atoms with Gasteiger partial charge in [0, 0.05) is 31.7 Å². The molecule has 84 valence electrons. The van der Waals surface area contributed by atoms with Gasteiger partial charge in [0.15, 0.2) is 0 Å². The van der Waals surface area contributed by atoms with Gasteiger partial charge in [-0.15, -0.1) is 6.58 Å². The lowest BCUT2D eigenvalue weighted by molar-refractivity contribution is 0.0722. The predicted molar refractivity (Wildman–Crippen MR) is 63.1 cm³/mol. The third-order valence-corrected chi connectivity index (χ3v) is 2.48. The Labute approximate surface area is 91.2 Å². The second-order valence-electron chi connectivity index (χ2n) is 2.72. The molecule has 0 aromatic heterocycles. The summed E-state index contributed by atoms with van der Waals surface area (Å²) in [5.74, 6) is 2.16. The van der Waals surface area contributed by atoms with Crippen molar-refractivity contribution < 1.29 is 9.47 Å². The summed E-state index contributed by atoms with van der Waals surface area (Å²) in [4.78, 5) is 0. The number of rotatable bonds is 11. The van der Waals surface area contributed by atoms with Gasteiger partial charge in [0.05, 0.1) is 19.8 Å². The third kappa shape index (κ3) is 12.0. The fourth-order valence-electron chi connectivity index (χ4n) is 0.825. The van der Waals surface area contributed by atoms with Gasteiger partial charge in [-0.05, 0) is 0 Å². The van der Waals surface area contributed by atoms with Gasteiger partial charge in [-0.25, -0.2) is 0 Å². The topological polar surface area (TPSA) is 30.5 Å². The summed E-state index contributed by atoms with van der Waals surface area (Å²) < 4.78 is 10.1. The van der Waals surface area contributed by atoms with E-state index in [-0.39, 0.29) is 0 Å². The highest BCUT2D eigenvalue weighted by Crippen LogP contribution is 1.96. The van der Waals surface area contributed by atoms with Crippen LogP contribution in [0.5, 0.6) is 0 Å². The van der Waals surface area contributed by atoms with Crippen molar-refractivity contribution in [2.45, 2.75) is 0 Å². The molecule has 0 aromatic carbocycles. The fourth-order valence-corrected chi connectivity index (χ4v) is 1.45. The van der Waals surface area contributed by atoms with Crippen LogP contribution >= 0.6 is 11.8 Å². The zero-order valence-electron chi connectivity index (χ0n) is 8.96. The molecule has 0 heterocycles. The van der Waals surface area contributed by atoms with E-state index >= 15 is 0 Å². The Morgan fingerprint density at radius 1 is 1.29 bits per heavy atom. The smallest absolute Gasteiger partial charge is 0.0700 e. The standard InChI is InChI=1S/C10H21NO2S/c1-3-9-14-10-5-11-4-6-13-8-7-12-2/h3,11H,1,4-10H2,2H3. The molecule has 0 aliphatic carbocycles. The van der Waals surface area contributed by atoms with Gasteiger partial charge in [0.2, 0.25) is 0 Å². The maximum absolute atomic E-state index is 5.29. The van der Waals surface area contributed by atoms with E-state index in [9.17, 15) is 0 Å². The molecule has 0 saturated carbocycles. The van der Waals surface area contributed by atoms with Crippen molar-refractivity contribution >= 4 is 11.8 Å². The minimum absolute atomic E-state index is 0.676. The van der Waals surface area contributed by atoms with Crippen LogP contribution in [0.4, 0.5) is 0 Å². The molecule has 0 unspecified atom stereocenters. The largest absolute Gasteiger partial charge is 0.382 e. The quantitative estimate of drug-likeness (QED) is 0.417. The average Bonchev–Trinajstić information content (AvgIpc) is 2.21. The van der Waals surface area contributed by atoms with Gasteiger partial charge in [-0.1, -0.05) is 6.08 Å². The summed E-state index contributed by atoms with van der Waals surface area (Å²) in [5, 5.41) is 3.30. The Hall–Kier alpha value is -0.0300. The monoisotopic (exact) mass is 219 g/mol. The highest BCUT2D eigenvalue weighted by Gasteiger charge is 1.89. The summed E-state index contributed by atoms with van der Waals surface area (Å²) >= 11 is 1.88. The van der Waals surface area contributed by atoms with Crippen LogP contribution < -0.4 is 5.32 Å². The first-order valence-electron chi connectivity index (χ1n) is 4.88. The third-order valence-electron chi connectivity index (χ3n) is 1.51. The SMILES string of the molecule is C=CCSCCNCCOCCOC. The van der Waals surface area contributed by atoms with Gasteiger partial charge in [-0.3, -0.25) is 0 Å². The fraction of sp³-hybridized carbons (Fsp3) is 0.800. The van der Waals surface area contributed by atoms with Gasteiger partial charge in [0.25, 0.3) is 0 Å². The summed E-state index contributed by atoms with van der Waals surface area (Å²) in [6.45, 7) is 7.73. The molecule has 0 saturated heterocycles. The van der Waals surface area contributed by atoms with E-state index in [1.807, 2.05) is 17.8 Å². The van der Waals surface area contributed by atoms with Crippen molar-refractivity contribution in [2.75, 3.05) is 51.5 Å². The summed E-state index contributed by atoms with van der Waals surface area (Å²) in [6, 6.07) is 0. The summed E-state index contributed by atoms with van der Waals surface area (Å²) in [7, 11) is 1.68. The van der Waals surface area contributed by atoms with Crippen molar-refractivity contribution in [3.63, 3.8) is 0 Å². The Morgan fingerprint density at radius 3 is 2.86 bits per heavy atom. The molecule has 4 heteroatoms. The zero-order valence-corrected chi connectivity index (χ0v) is 9.78. The normalized spacial score (nSPS) is 10.4. The first-order chi connectivity index (χ1) is 6.91. The molecule has 0 aromatic rings. The van der Waals surface area contributed by atoms with Crippen LogP contribution in [-0.4, -0.2) is 51.5 Å². The van der Waals surface area contributed by atoms with Crippen molar-refractivity contribution in [3.8, 4) is 0 Å². The van der Waals surface area contributed by atoms with E-state index in [0.29, 0.717) is 13.2 Å². The van der Waals surface area contributed by atoms with Gasteiger partial charge >= 0.3 is 0 Å². The van der Waals surface area contributed by atoms with Crippen LogP contribution in [0, 0.1) is 0 Å². The zero-order chi connectivity index (χ0) is 10.5. The molecule has 0 atom stereocenters. The second kappa shape index (κ2) is 13.0. The van der Waals surface area contributed by atoms with Crippen molar-refractivity contribution in [3.05, 3.63) is 12.7 Å². The molecule has 0 aliphatic heterocycles. The summed E-state index contributed by atoms with van der Waals surface area (Å²) in [6.07, 6.45) is 1.93. The van der Waals surface area contributed by atoms with Crippen LogP contribution in [0.1, 0.15) is 0 Å². The molecular weight excluding hydrogens is 198 g/mol. The Morgan fingerprint density at radius 2 is 2.14 bits per heavy atom. The lowest BCUT2D eigenvalue weighted by atomic mass is 10.6. The van der Waals surface area contributed by atoms with Crippen molar-refractivity contribution in [1.82, 2.24) is 5.32 Å². The summed E-state index contributed by atoms with van der Waals surface area (Å²) in [5.41, 5.74) is 0. The van der Waals surface area contributed by atoms with Crippen LogP contribution in [0.2, 0.25) is 0 Å².